The normalized spacial score (nSPS) is 21.8. The van der Waals surface area contributed by atoms with Crippen LogP contribution in [-0.4, -0.2) is 15.7 Å². The van der Waals surface area contributed by atoms with E-state index in [1.807, 2.05) is 13.0 Å². The van der Waals surface area contributed by atoms with Gasteiger partial charge in [0.15, 0.2) is 5.82 Å². The molecule has 0 saturated heterocycles. The highest BCUT2D eigenvalue weighted by Gasteiger charge is 2.52. The molecule has 1 unspecified atom stereocenters. The summed E-state index contributed by atoms with van der Waals surface area (Å²) >= 11 is 0. The molecule has 0 radical (unpaired) electrons. The summed E-state index contributed by atoms with van der Waals surface area (Å²) in [5.41, 5.74) is 1.51. The van der Waals surface area contributed by atoms with Crippen molar-refractivity contribution >= 4 is 0 Å². The van der Waals surface area contributed by atoms with Crippen LogP contribution in [0.15, 0.2) is 34.9 Å². The van der Waals surface area contributed by atoms with Crippen LogP contribution in [0.5, 0.6) is 0 Å². The molecule has 2 aliphatic carbocycles. The second-order valence-corrected chi connectivity index (χ2v) is 6.45. The van der Waals surface area contributed by atoms with Gasteiger partial charge < -0.3 is 4.52 Å². The van der Waals surface area contributed by atoms with Crippen LogP contribution in [0.1, 0.15) is 55.4 Å². The van der Waals surface area contributed by atoms with Gasteiger partial charge in [-0.2, -0.15) is 4.98 Å². The molecule has 110 valence electrons. The van der Waals surface area contributed by atoms with Gasteiger partial charge in [-0.05, 0) is 44.1 Å². The minimum absolute atomic E-state index is 0.00972. The van der Waals surface area contributed by atoms with Gasteiger partial charge in [0.05, 0.1) is 0 Å². The molecular weight excluding hydrogens is 262 g/mol. The Kier molecular flexibility index (Phi) is 3.07. The maximum absolute atomic E-state index is 5.46. The Labute approximate surface area is 124 Å². The molecule has 21 heavy (non-hydrogen) atoms. The number of nitrogens with one attached hydrogen (secondary N) is 1. The number of hydrogen-bond acceptors (Lipinski definition) is 4. The van der Waals surface area contributed by atoms with E-state index in [0.717, 1.165) is 5.92 Å². The standard InChI is InChI=1S/C17H21N3O/c1-12-18-16(21-20-12)15(13-6-3-2-4-7-13)19-17(10-11-17)14-8-5-9-14/h2-4,6-7,14-15,19H,5,8-11H2,1H3. The first-order valence-electron chi connectivity index (χ1n) is 7.90. The van der Waals surface area contributed by atoms with Crippen molar-refractivity contribution in [1.82, 2.24) is 15.5 Å². The van der Waals surface area contributed by atoms with Crippen molar-refractivity contribution in [2.75, 3.05) is 0 Å². The molecule has 1 aromatic carbocycles. The van der Waals surface area contributed by atoms with Crippen LogP contribution in [0.2, 0.25) is 0 Å². The Morgan fingerprint density at radius 3 is 2.52 bits per heavy atom. The second kappa shape index (κ2) is 4.95. The molecule has 1 aromatic heterocycles. The minimum atomic E-state index is 0.00972. The largest absolute Gasteiger partial charge is 0.337 e. The van der Waals surface area contributed by atoms with Gasteiger partial charge in [0.25, 0.3) is 0 Å². The molecule has 2 aliphatic rings. The number of aromatic nitrogens is 2. The Balaban J connectivity index is 1.64. The molecule has 2 aromatic rings. The lowest BCUT2D eigenvalue weighted by Gasteiger charge is -2.36. The van der Waals surface area contributed by atoms with E-state index in [4.69, 9.17) is 4.52 Å². The van der Waals surface area contributed by atoms with Crippen molar-refractivity contribution < 1.29 is 4.52 Å². The predicted octanol–water partition coefficient (Wildman–Crippen LogP) is 3.39. The zero-order valence-corrected chi connectivity index (χ0v) is 12.4. The molecule has 2 saturated carbocycles. The van der Waals surface area contributed by atoms with E-state index in [0.29, 0.717) is 17.3 Å². The molecule has 1 N–H and O–H groups in total. The maximum atomic E-state index is 5.46. The molecule has 4 nitrogen and oxygen atoms in total. The first kappa shape index (κ1) is 13.0. The van der Waals surface area contributed by atoms with Crippen molar-refractivity contribution in [3.05, 3.63) is 47.6 Å². The Bertz CT molecular complexity index is 614. The highest BCUT2D eigenvalue weighted by molar-refractivity contribution is 5.26. The molecule has 0 amide bonds. The third-order valence-electron chi connectivity index (χ3n) is 5.03. The summed E-state index contributed by atoms with van der Waals surface area (Å²) in [5.74, 6) is 2.21. The lowest BCUT2D eigenvalue weighted by molar-refractivity contribution is 0.194. The van der Waals surface area contributed by atoms with Crippen molar-refractivity contribution in [2.45, 2.75) is 50.6 Å². The van der Waals surface area contributed by atoms with Gasteiger partial charge in [-0.15, -0.1) is 0 Å². The topological polar surface area (TPSA) is 51.0 Å². The minimum Gasteiger partial charge on any atom is -0.337 e. The third-order valence-corrected chi connectivity index (χ3v) is 5.03. The summed E-state index contributed by atoms with van der Waals surface area (Å²) in [6, 6.07) is 10.4. The zero-order valence-electron chi connectivity index (χ0n) is 12.4. The van der Waals surface area contributed by atoms with E-state index >= 15 is 0 Å². The summed E-state index contributed by atoms with van der Waals surface area (Å²) in [5, 5.41) is 7.82. The highest BCUT2D eigenvalue weighted by atomic mass is 16.5. The van der Waals surface area contributed by atoms with E-state index in [1.54, 1.807) is 0 Å². The summed E-state index contributed by atoms with van der Waals surface area (Å²) in [4.78, 5) is 4.46. The predicted molar refractivity (Wildman–Crippen MR) is 79.8 cm³/mol. The molecular formula is C17H21N3O. The number of aryl methyl sites for hydroxylation is 1. The lowest BCUT2D eigenvalue weighted by atomic mass is 9.77. The second-order valence-electron chi connectivity index (χ2n) is 6.45. The molecule has 4 heteroatoms. The maximum Gasteiger partial charge on any atom is 0.248 e. The van der Waals surface area contributed by atoms with E-state index < -0.39 is 0 Å². The first-order chi connectivity index (χ1) is 10.3. The molecule has 0 spiro atoms. The molecule has 1 heterocycles. The van der Waals surface area contributed by atoms with E-state index in [9.17, 15) is 0 Å². The van der Waals surface area contributed by atoms with E-state index in [-0.39, 0.29) is 6.04 Å². The molecule has 1 atom stereocenters. The number of benzene rings is 1. The quantitative estimate of drug-likeness (QED) is 0.914. The summed E-state index contributed by atoms with van der Waals surface area (Å²) in [6.45, 7) is 1.87. The van der Waals surface area contributed by atoms with Crippen LogP contribution < -0.4 is 5.32 Å². The van der Waals surface area contributed by atoms with Crippen LogP contribution in [0, 0.1) is 12.8 Å². The van der Waals surface area contributed by atoms with Gasteiger partial charge in [-0.3, -0.25) is 5.32 Å². The highest BCUT2D eigenvalue weighted by Crippen LogP contribution is 2.52. The van der Waals surface area contributed by atoms with Crippen LogP contribution in [0.4, 0.5) is 0 Å². The molecule has 0 bridgehead atoms. The fourth-order valence-electron chi connectivity index (χ4n) is 3.42. The molecule has 0 aliphatic heterocycles. The monoisotopic (exact) mass is 283 g/mol. The van der Waals surface area contributed by atoms with Crippen molar-refractivity contribution in [3.63, 3.8) is 0 Å². The van der Waals surface area contributed by atoms with Crippen molar-refractivity contribution in [3.8, 4) is 0 Å². The third kappa shape index (κ3) is 2.38. The molecule has 4 rings (SSSR count). The van der Waals surface area contributed by atoms with Crippen LogP contribution in [0.3, 0.4) is 0 Å². The summed E-state index contributed by atoms with van der Waals surface area (Å²) in [7, 11) is 0. The number of hydrogen-bond donors (Lipinski definition) is 1. The SMILES string of the molecule is Cc1noc(C(NC2(C3CCC3)CC2)c2ccccc2)n1. The number of rotatable bonds is 5. The van der Waals surface area contributed by atoms with Crippen molar-refractivity contribution in [2.24, 2.45) is 5.92 Å². The van der Waals surface area contributed by atoms with Crippen LogP contribution in [-0.2, 0) is 0 Å². The molecule has 2 fully saturated rings. The van der Waals surface area contributed by atoms with Gasteiger partial charge in [0.2, 0.25) is 5.89 Å². The zero-order chi connectivity index (χ0) is 14.3. The van der Waals surface area contributed by atoms with Crippen LogP contribution >= 0.6 is 0 Å². The summed E-state index contributed by atoms with van der Waals surface area (Å²) < 4.78 is 5.46. The lowest BCUT2D eigenvalue weighted by Crippen LogP contribution is -2.44. The van der Waals surface area contributed by atoms with E-state index in [2.05, 4.69) is 39.7 Å². The number of nitrogens with zero attached hydrogens (tertiary/aromatic N) is 2. The smallest absolute Gasteiger partial charge is 0.248 e. The van der Waals surface area contributed by atoms with Gasteiger partial charge in [0, 0.05) is 5.54 Å². The van der Waals surface area contributed by atoms with E-state index in [1.165, 1.54) is 37.7 Å². The summed E-state index contributed by atoms with van der Waals surface area (Å²) in [6.07, 6.45) is 6.64. The Morgan fingerprint density at radius 1 is 1.24 bits per heavy atom. The van der Waals surface area contributed by atoms with Crippen LogP contribution in [0.25, 0.3) is 0 Å². The van der Waals surface area contributed by atoms with Gasteiger partial charge in [-0.1, -0.05) is 41.9 Å². The Morgan fingerprint density at radius 2 is 2.00 bits per heavy atom. The van der Waals surface area contributed by atoms with Gasteiger partial charge in [0.1, 0.15) is 6.04 Å². The average Bonchev–Trinajstić information content (AvgIpc) is 3.08. The Hall–Kier alpha value is -1.68. The first-order valence-corrected chi connectivity index (χ1v) is 7.90. The fourth-order valence-corrected chi connectivity index (χ4v) is 3.42. The van der Waals surface area contributed by atoms with Gasteiger partial charge >= 0.3 is 0 Å². The fraction of sp³-hybridized carbons (Fsp3) is 0.529. The van der Waals surface area contributed by atoms with Gasteiger partial charge in [-0.25, -0.2) is 0 Å². The average molecular weight is 283 g/mol. The van der Waals surface area contributed by atoms with Crippen molar-refractivity contribution in [1.29, 1.82) is 0 Å².